The van der Waals surface area contributed by atoms with Crippen LogP contribution in [0.5, 0.6) is 5.75 Å². The predicted molar refractivity (Wildman–Crippen MR) is 101 cm³/mol. The molecule has 1 heterocycles. The molecule has 0 saturated heterocycles. The van der Waals surface area contributed by atoms with Gasteiger partial charge in [-0.2, -0.15) is 0 Å². The molecule has 26 heavy (non-hydrogen) atoms. The van der Waals surface area contributed by atoms with Gasteiger partial charge in [0.25, 0.3) is 0 Å². The van der Waals surface area contributed by atoms with Crippen molar-refractivity contribution in [2.24, 2.45) is 11.8 Å². The van der Waals surface area contributed by atoms with Crippen LogP contribution in [0.25, 0.3) is 0 Å². The van der Waals surface area contributed by atoms with Crippen molar-refractivity contribution in [2.45, 2.75) is 44.1 Å². The SMILES string of the molecule is COc1ccc([C@H]2C3CCCCC3[C@@H]2NC(=O)Cc2ccccn2)cc1. The van der Waals surface area contributed by atoms with E-state index in [9.17, 15) is 4.79 Å². The van der Waals surface area contributed by atoms with Crippen molar-refractivity contribution in [1.29, 1.82) is 0 Å². The fourth-order valence-corrected chi connectivity index (χ4v) is 4.85. The monoisotopic (exact) mass is 350 g/mol. The number of hydrogen-bond acceptors (Lipinski definition) is 3. The molecule has 4 rings (SSSR count). The summed E-state index contributed by atoms with van der Waals surface area (Å²) in [6.07, 6.45) is 7.18. The lowest BCUT2D eigenvalue weighted by Crippen LogP contribution is -2.59. The molecule has 136 valence electrons. The highest BCUT2D eigenvalue weighted by Gasteiger charge is 2.51. The normalized spacial score (nSPS) is 27.1. The highest BCUT2D eigenvalue weighted by Crippen LogP contribution is 2.54. The maximum atomic E-state index is 12.6. The second kappa shape index (κ2) is 7.48. The van der Waals surface area contributed by atoms with E-state index in [1.54, 1.807) is 13.3 Å². The fourth-order valence-electron chi connectivity index (χ4n) is 4.85. The maximum Gasteiger partial charge on any atom is 0.226 e. The van der Waals surface area contributed by atoms with E-state index >= 15 is 0 Å². The van der Waals surface area contributed by atoms with Crippen molar-refractivity contribution >= 4 is 5.91 Å². The van der Waals surface area contributed by atoms with Crippen molar-refractivity contribution in [3.63, 3.8) is 0 Å². The first kappa shape index (κ1) is 17.1. The van der Waals surface area contributed by atoms with Gasteiger partial charge in [0.2, 0.25) is 5.91 Å². The second-order valence-corrected chi connectivity index (χ2v) is 7.50. The van der Waals surface area contributed by atoms with Gasteiger partial charge in [0.15, 0.2) is 0 Å². The molecular weight excluding hydrogens is 324 g/mol. The van der Waals surface area contributed by atoms with Gasteiger partial charge in [-0.25, -0.2) is 0 Å². The summed E-state index contributed by atoms with van der Waals surface area (Å²) in [5.41, 5.74) is 2.14. The lowest BCUT2D eigenvalue weighted by Gasteiger charge is -2.55. The Kier molecular flexibility index (Phi) is 4.91. The lowest BCUT2D eigenvalue weighted by molar-refractivity contribution is -0.124. The van der Waals surface area contributed by atoms with E-state index in [2.05, 4.69) is 22.4 Å². The highest BCUT2D eigenvalue weighted by atomic mass is 16.5. The Labute approximate surface area is 155 Å². The van der Waals surface area contributed by atoms with Gasteiger partial charge in [-0.1, -0.05) is 31.0 Å². The molecule has 1 amide bonds. The molecule has 1 aromatic heterocycles. The number of fused-ring (bicyclic) bond motifs is 1. The van der Waals surface area contributed by atoms with Gasteiger partial charge in [-0.15, -0.1) is 0 Å². The Hall–Kier alpha value is -2.36. The molecule has 2 aliphatic carbocycles. The first-order valence-electron chi connectivity index (χ1n) is 9.59. The molecule has 2 saturated carbocycles. The Morgan fingerprint density at radius 1 is 1.12 bits per heavy atom. The number of rotatable bonds is 5. The number of pyridine rings is 1. The Morgan fingerprint density at radius 3 is 2.58 bits per heavy atom. The molecular formula is C22H26N2O2. The largest absolute Gasteiger partial charge is 0.497 e. The van der Waals surface area contributed by atoms with Crippen LogP contribution in [-0.2, 0) is 11.2 Å². The fraction of sp³-hybridized carbons (Fsp3) is 0.455. The van der Waals surface area contributed by atoms with E-state index in [1.165, 1.54) is 31.2 Å². The third-order valence-corrected chi connectivity index (χ3v) is 6.08. The summed E-state index contributed by atoms with van der Waals surface area (Å²) in [4.78, 5) is 16.9. The van der Waals surface area contributed by atoms with Gasteiger partial charge in [-0.3, -0.25) is 9.78 Å². The third kappa shape index (κ3) is 3.33. The maximum absolute atomic E-state index is 12.6. The summed E-state index contributed by atoms with van der Waals surface area (Å²) >= 11 is 0. The van der Waals surface area contributed by atoms with Crippen molar-refractivity contribution in [2.75, 3.05) is 7.11 Å². The van der Waals surface area contributed by atoms with Crippen molar-refractivity contribution < 1.29 is 9.53 Å². The van der Waals surface area contributed by atoms with Crippen molar-refractivity contribution in [3.8, 4) is 5.75 Å². The average Bonchev–Trinajstić information content (AvgIpc) is 2.68. The smallest absolute Gasteiger partial charge is 0.226 e. The minimum atomic E-state index is 0.0798. The highest BCUT2D eigenvalue weighted by molar-refractivity contribution is 5.78. The molecule has 4 atom stereocenters. The van der Waals surface area contributed by atoms with Crippen LogP contribution in [0.1, 0.15) is 42.9 Å². The lowest BCUT2D eigenvalue weighted by atomic mass is 9.53. The molecule has 2 fully saturated rings. The predicted octanol–water partition coefficient (Wildman–Crippen LogP) is 3.72. The topological polar surface area (TPSA) is 51.2 Å². The van der Waals surface area contributed by atoms with E-state index in [0.29, 0.717) is 24.2 Å². The molecule has 1 aromatic carbocycles. The molecule has 2 unspecified atom stereocenters. The quantitative estimate of drug-likeness (QED) is 0.894. The number of ether oxygens (including phenoxy) is 1. The van der Waals surface area contributed by atoms with Crippen LogP contribution in [-0.4, -0.2) is 24.0 Å². The molecule has 0 radical (unpaired) electrons. The van der Waals surface area contributed by atoms with Crippen LogP contribution in [0.2, 0.25) is 0 Å². The Morgan fingerprint density at radius 2 is 1.88 bits per heavy atom. The first-order chi connectivity index (χ1) is 12.8. The summed E-state index contributed by atoms with van der Waals surface area (Å²) in [5, 5.41) is 3.33. The van der Waals surface area contributed by atoms with Crippen LogP contribution in [0.3, 0.4) is 0 Å². The Bertz CT molecular complexity index is 744. The van der Waals surface area contributed by atoms with Crippen LogP contribution in [0.4, 0.5) is 0 Å². The van der Waals surface area contributed by atoms with Gasteiger partial charge >= 0.3 is 0 Å². The summed E-state index contributed by atoms with van der Waals surface area (Å²) < 4.78 is 5.29. The number of carbonyl (C=O) groups excluding carboxylic acids is 1. The second-order valence-electron chi connectivity index (χ2n) is 7.50. The molecule has 1 N–H and O–H groups in total. The van der Waals surface area contributed by atoms with Crippen LogP contribution in [0.15, 0.2) is 48.7 Å². The summed E-state index contributed by atoms with van der Waals surface area (Å²) in [7, 11) is 1.69. The van der Waals surface area contributed by atoms with Gasteiger partial charge in [0.1, 0.15) is 5.75 Å². The van der Waals surface area contributed by atoms with Gasteiger partial charge in [0, 0.05) is 23.9 Å². The van der Waals surface area contributed by atoms with Crippen molar-refractivity contribution in [3.05, 3.63) is 59.9 Å². The zero-order chi connectivity index (χ0) is 17.9. The number of hydrogen-bond donors (Lipinski definition) is 1. The van der Waals surface area contributed by atoms with E-state index in [4.69, 9.17) is 4.74 Å². The molecule has 4 heteroatoms. The van der Waals surface area contributed by atoms with E-state index in [-0.39, 0.29) is 11.9 Å². The van der Waals surface area contributed by atoms with E-state index < -0.39 is 0 Å². The Balaban J connectivity index is 1.49. The number of amides is 1. The van der Waals surface area contributed by atoms with E-state index in [0.717, 1.165) is 11.4 Å². The van der Waals surface area contributed by atoms with Crippen LogP contribution >= 0.6 is 0 Å². The average molecular weight is 350 g/mol. The summed E-state index contributed by atoms with van der Waals surface area (Å²) in [6, 6.07) is 14.3. The van der Waals surface area contributed by atoms with Gasteiger partial charge < -0.3 is 10.1 Å². The minimum Gasteiger partial charge on any atom is -0.497 e. The van der Waals surface area contributed by atoms with Crippen LogP contribution < -0.4 is 10.1 Å². The van der Waals surface area contributed by atoms with Crippen molar-refractivity contribution in [1.82, 2.24) is 10.3 Å². The number of nitrogens with zero attached hydrogens (tertiary/aromatic N) is 1. The third-order valence-electron chi connectivity index (χ3n) is 6.08. The zero-order valence-electron chi connectivity index (χ0n) is 15.2. The van der Waals surface area contributed by atoms with E-state index in [1.807, 2.05) is 30.3 Å². The molecule has 0 aliphatic heterocycles. The zero-order valence-corrected chi connectivity index (χ0v) is 15.2. The molecule has 2 aromatic rings. The van der Waals surface area contributed by atoms with Crippen LogP contribution in [0, 0.1) is 11.8 Å². The number of nitrogens with one attached hydrogen (secondary N) is 1. The summed E-state index contributed by atoms with van der Waals surface area (Å²) in [6.45, 7) is 0. The molecule has 2 aliphatic rings. The first-order valence-corrected chi connectivity index (χ1v) is 9.59. The molecule has 0 spiro atoms. The number of aromatic nitrogens is 1. The minimum absolute atomic E-state index is 0.0798. The van der Waals surface area contributed by atoms with Gasteiger partial charge in [0.05, 0.1) is 13.5 Å². The standard InChI is InChI=1S/C22H26N2O2/c1-26-17-11-9-15(10-12-17)21-18-7-2-3-8-19(18)22(21)24-20(25)14-16-6-4-5-13-23-16/h4-6,9-13,18-19,21-22H,2-3,7-8,14H2,1H3,(H,24,25)/t18?,19?,21-,22-/m0/s1. The van der Waals surface area contributed by atoms with Gasteiger partial charge in [-0.05, 0) is 54.5 Å². The summed E-state index contributed by atoms with van der Waals surface area (Å²) in [5.74, 6) is 2.68. The number of carbonyl (C=O) groups is 1. The number of methoxy groups -OCH3 is 1. The molecule has 0 bridgehead atoms. The molecule has 4 nitrogen and oxygen atoms in total. The number of benzene rings is 1.